The maximum absolute atomic E-state index is 11.7. The van der Waals surface area contributed by atoms with Crippen LogP contribution in [0.15, 0.2) is 28.5 Å². The van der Waals surface area contributed by atoms with E-state index in [1.165, 1.54) is 29.8 Å². The molecule has 0 unspecified atom stereocenters. The number of hydrogen-bond donors (Lipinski definition) is 3. The first-order chi connectivity index (χ1) is 11.2. The Labute approximate surface area is 140 Å². The number of hydrogen-bond acceptors (Lipinski definition) is 4. The van der Waals surface area contributed by atoms with Gasteiger partial charge < -0.3 is 15.7 Å². The maximum atomic E-state index is 11.7. The number of nitrogens with one attached hydrogen (secondary N) is 2. The second-order valence-electron chi connectivity index (χ2n) is 5.73. The topological polar surface area (TPSA) is 78.4 Å². The average Bonchev–Trinajstić information content (AvgIpc) is 3.10. The van der Waals surface area contributed by atoms with Gasteiger partial charge in [0.25, 0.3) is 0 Å². The Morgan fingerprint density at radius 2 is 2.00 bits per heavy atom. The predicted octanol–water partition coefficient (Wildman–Crippen LogP) is 2.29. The van der Waals surface area contributed by atoms with E-state index in [0.29, 0.717) is 13.0 Å². The molecule has 1 aromatic heterocycles. The second kappa shape index (κ2) is 9.47. The molecule has 1 aliphatic rings. The summed E-state index contributed by atoms with van der Waals surface area (Å²) in [7, 11) is 0. The van der Waals surface area contributed by atoms with E-state index in [9.17, 15) is 14.7 Å². The number of amides is 2. The van der Waals surface area contributed by atoms with Gasteiger partial charge in [0.15, 0.2) is 0 Å². The molecule has 23 heavy (non-hydrogen) atoms. The lowest BCUT2D eigenvalue weighted by atomic mass is 9.97. The molecule has 6 heteroatoms. The maximum Gasteiger partial charge on any atom is 0.309 e. The highest BCUT2D eigenvalue weighted by atomic mass is 32.1. The lowest BCUT2D eigenvalue weighted by Gasteiger charge is -2.13. The van der Waals surface area contributed by atoms with Gasteiger partial charge in [0.05, 0.1) is 6.10 Å². The zero-order valence-electron chi connectivity index (χ0n) is 13.2. The quantitative estimate of drug-likeness (QED) is 0.528. The number of aliphatic hydroxyl groups is 1. The standard InChI is InChI=1S/C17H24N2O3S/c20-15(14-8-11-23-12-14)7-10-19-17(22)16(21)18-9-6-13-4-2-1-3-5-13/h4,8,11-12,15,20H,1-3,5-7,9-10H2,(H,18,21)(H,19,22)/t15-/m1/s1. The van der Waals surface area contributed by atoms with Crippen molar-refractivity contribution in [3.63, 3.8) is 0 Å². The van der Waals surface area contributed by atoms with E-state index in [2.05, 4.69) is 16.7 Å². The molecule has 1 heterocycles. The Kier molecular flexibility index (Phi) is 7.29. The summed E-state index contributed by atoms with van der Waals surface area (Å²) in [5.41, 5.74) is 2.21. The van der Waals surface area contributed by atoms with Gasteiger partial charge in [-0.1, -0.05) is 11.6 Å². The van der Waals surface area contributed by atoms with Gasteiger partial charge in [-0.05, 0) is 60.9 Å². The van der Waals surface area contributed by atoms with Gasteiger partial charge in [-0.25, -0.2) is 0 Å². The van der Waals surface area contributed by atoms with Crippen LogP contribution in [-0.4, -0.2) is 30.0 Å². The first-order valence-electron chi connectivity index (χ1n) is 8.11. The van der Waals surface area contributed by atoms with Crippen molar-refractivity contribution in [3.8, 4) is 0 Å². The van der Waals surface area contributed by atoms with Crippen molar-refractivity contribution in [2.75, 3.05) is 13.1 Å². The van der Waals surface area contributed by atoms with Gasteiger partial charge in [-0.2, -0.15) is 11.3 Å². The van der Waals surface area contributed by atoms with Crippen LogP contribution in [0, 0.1) is 0 Å². The summed E-state index contributed by atoms with van der Waals surface area (Å²) >= 11 is 1.52. The molecule has 0 fully saturated rings. The summed E-state index contributed by atoms with van der Waals surface area (Å²) in [5, 5.41) is 18.8. The van der Waals surface area contributed by atoms with Gasteiger partial charge in [0, 0.05) is 13.1 Å². The van der Waals surface area contributed by atoms with E-state index in [4.69, 9.17) is 0 Å². The van der Waals surface area contributed by atoms with Gasteiger partial charge in [0.1, 0.15) is 0 Å². The molecule has 0 radical (unpaired) electrons. The number of carbonyl (C=O) groups excluding carboxylic acids is 2. The van der Waals surface area contributed by atoms with Crippen molar-refractivity contribution >= 4 is 23.2 Å². The van der Waals surface area contributed by atoms with Crippen LogP contribution in [-0.2, 0) is 9.59 Å². The fourth-order valence-corrected chi connectivity index (χ4v) is 3.29. The predicted molar refractivity (Wildman–Crippen MR) is 91.1 cm³/mol. The van der Waals surface area contributed by atoms with Crippen molar-refractivity contribution in [1.82, 2.24) is 10.6 Å². The highest BCUT2D eigenvalue weighted by Gasteiger charge is 2.14. The smallest absolute Gasteiger partial charge is 0.309 e. The van der Waals surface area contributed by atoms with Crippen molar-refractivity contribution < 1.29 is 14.7 Å². The van der Waals surface area contributed by atoms with Gasteiger partial charge >= 0.3 is 11.8 Å². The monoisotopic (exact) mass is 336 g/mol. The van der Waals surface area contributed by atoms with Crippen LogP contribution in [0.1, 0.15) is 50.2 Å². The summed E-state index contributed by atoms with van der Waals surface area (Å²) in [6, 6.07) is 1.85. The SMILES string of the molecule is O=C(NCCC1=CCCCC1)C(=O)NCC[C@@H](O)c1ccsc1. The number of thiophene rings is 1. The first-order valence-corrected chi connectivity index (χ1v) is 9.05. The molecule has 1 aliphatic carbocycles. The molecule has 0 aromatic carbocycles. The molecule has 0 bridgehead atoms. The molecule has 3 N–H and O–H groups in total. The molecule has 1 aromatic rings. The molecule has 126 valence electrons. The number of allylic oxidation sites excluding steroid dienone is 1. The number of rotatable bonds is 7. The first kappa shape index (κ1) is 17.7. The molecular formula is C17H24N2O3S. The largest absolute Gasteiger partial charge is 0.388 e. The van der Waals surface area contributed by atoms with E-state index >= 15 is 0 Å². The van der Waals surface area contributed by atoms with Crippen LogP contribution in [0.2, 0.25) is 0 Å². The highest BCUT2D eigenvalue weighted by molar-refractivity contribution is 7.07. The Morgan fingerprint density at radius 1 is 1.22 bits per heavy atom. The van der Waals surface area contributed by atoms with Crippen molar-refractivity contribution in [1.29, 1.82) is 0 Å². The molecular weight excluding hydrogens is 312 g/mol. The fourth-order valence-electron chi connectivity index (χ4n) is 2.58. The normalized spacial score (nSPS) is 15.6. The highest BCUT2D eigenvalue weighted by Crippen LogP contribution is 2.19. The fraction of sp³-hybridized carbons (Fsp3) is 0.529. The van der Waals surface area contributed by atoms with Crippen LogP contribution in [0.4, 0.5) is 0 Å². The summed E-state index contributed by atoms with van der Waals surface area (Å²) < 4.78 is 0. The Balaban J connectivity index is 1.59. The molecule has 0 saturated carbocycles. The Morgan fingerprint density at radius 3 is 2.65 bits per heavy atom. The molecule has 5 nitrogen and oxygen atoms in total. The number of carbonyl (C=O) groups is 2. The lowest BCUT2D eigenvalue weighted by Crippen LogP contribution is -2.40. The van der Waals surface area contributed by atoms with E-state index in [-0.39, 0.29) is 6.54 Å². The van der Waals surface area contributed by atoms with Gasteiger partial charge in [0.2, 0.25) is 0 Å². The van der Waals surface area contributed by atoms with Crippen LogP contribution in [0.3, 0.4) is 0 Å². The number of aliphatic hydroxyl groups excluding tert-OH is 1. The average molecular weight is 336 g/mol. The minimum atomic E-state index is -0.639. The third-order valence-electron chi connectivity index (χ3n) is 3.95. The summed E-state index contributed by atoms with van der Waals surface area (Å²) in [4.78, 5) is 23.4. The van der Waals surface area contributed by atoms with E-state index in [1.807, 2.05) is 16.8 Å². The van der Waals surface area contributed by atoms with Crippen LogP contribution < -0.4 is 10.6 Å². The summed E-state index contributed by atoms with van der Waals surface area (Å²) in [6.45, 7) is 0.768. The van der Waals surface area contributed by atoms with E-state index in [1.54, 1.807) is 0 Å². The Bertz CT molecular complexity index is 540. The summed E-state index contributed by atoms with van der Waals surface area (Å²) in [5.74, 6) is -1.24. The van der Waals surface area contributed by atoms with Gasteiger partial charge in [-0.3, -0.25) is 9.59 Å². The third-order valence-corrected chi connectivity index (χ3v) is 4.66. The molecule has 1 atom stereocenters. The van der Waals surface area contributed by atoms with Crippen molar-refractivity contribution in [3.05, 3.63) is 34.0 Å². The Hall–Kier alpha value is -1.66. The molecule has 0 saturated heterocycles. The van der Waals surface area contributed by atoms with Crippen LogP contribution >= 0.6 is 11.3 Å². The molecule has 2 rings (SSSR count). The van der Waals surface area contributed by atoms with E-state index < -0.39 is 17.9 Å². The third kappa shape index (κ3) is 6.15. The van der Waals surface area contributed by atoms with E-state index in [0.717, 1.165) is 24.8 Å². The molecule has 2 amide bonds. The zero-order chi connectivity index (χ0) is 16.5. The zero-order valence-corrected chi connectivity index (χ0v) is 14.0. The van der Waals surface area contributed by atoms with Crippen molar-refractivity contribution in [2.45, 2.75) is 44.6 Å². The summed E-state index contributed by atoms with van der Waals surface area (Å²) in [6.07, 6.45) is 7.52. The van der Waals surface area contributed by atoms with Gasteiger partial charge in [-0.15, -0.1) is 0 Å². The second-order valence-corrected chi connectivity index (χ2v) is 6.51. The molecule has 0 spiro atoms. The molecule has 0 aliphatic heterocycles. The van der Waals surface area contributed by atoms with Crippen LogP contribution in [0.25, 0.3) is 0 Å². The minimum Gasteiger partial charge on any atom is -0.388 e. The minimum absolute atomic E-state index is 0.272. The van der Waals surface area contributed by atoms with Crippen molar-refractivity contribution in [2.24, 2.45) is 0 Å². The lowest BCUT2D eigenvalue weighted by molar-refractivity contribution is -0.139. The van der Waals surface area contributed by atoms with Crippen LogP contribution in [0.5, 0.6) is 0 Å².